The van der Waals surface area contributed by atoms with E-state index >= 15 is 0 Å². The molecule has 0 aliphatic heterocycles. The van der Waals surface area contributed by atoms with Gasteiger partial charge in [0.1, 0.15) is 11.4 Å². The number of rotatable bonds is 4. The van der Waals surface area contributed by atoms with Crippen LogP contribution < -0.4 is 4.74 Å². The molecular formula is C15H19F5O2. The monoisotopic (exact) mass is 326 g/mol. The average molecular weight is 326 g/mol. The van der Waals surface area contributed by atoms with Gasteiger partial charge < -0.3 is 9.84 Å². The van der Waals surface area contributed by atoms with Crippen molar-refractivity contribution in [3.05, 3.63) is 29.8 Å². The number of ether oxygens (including phenoxy) is 1. The van der Waals surface area contributed by atoms with E-state index in [-0.39, 0.29) is 11.3 Å². The number of para-hydroxylation sites is 1. The molecule has 0 spiro atoms. The number of hydrogen-bond donors (Lipinski definition) is 1. The number of alkyl halides is 5. The highest BCUT2D eigenvalue weighted by Gasteiger charge is 2.60. The van der Waals surface area contributed by atoms with Gasteiger partial charge in [-0.1, -0.05) is 18.2 Å². The molecule has 0 bridgehead atoms. The summed E-state index contributed by atoms with van der Waals surface area (Å²) in [5.41, 5.74) is -3.21. The molecule has 1 rings (SSSR count). The summed E-state index contributed by atoms with van der Waals surface area (Å²) < 4.78 is 69.1. The molecule has 2 nitrogen and oxygen atoms in total. The van der Waals surface area contributed by atoms with Crippen LogP contribution in [0, 0.1) is 0 Å². The molecule has 0 saturated heterocycles. The summed E-state index contributed by atoms with van der Waals surface area (Å²) in [5.74, 6) is -4.94. The molecule has 22 heavy (non-hydrogen) atoms. The molecule has 0 saturated carbocycles. The second kappa shape index (κ2) is 5.68. The zero-order chi connectivity index (χ0) is 17.4. The first-order valence-electron chi connectivity index (χ1n) is 6.61. The maximum absolute atomic E-state index is 13.3. The summed E-state index contributed by atoms with van der Waals surface area (Å²) in [6.45, 7) is 6.01. The van der Waals surface area contributed by atoms with Crippen molar-refractivity contribution in [2.24, 2.45) is 0 Å². The maximum Gasteiger partial charge on any atom is 0.453 e. The van der Waals surface area contributed by atoms with Crippen LogP contribution in [0.25, 0.3) is 0 Å². The standard InChI is InChI=1S/C15H19F5O2/c1-12(2,3)22-11-8-6-5-7-10(11)13(4,21)9-14(16,17)15(18,19)20/h5-8,21H,9H2,1-4H3. The molecular weight excluding hydrogens is 307 g/mol. The van der Waals surface area contributed by atoms with Gasteiger partial charge in [0, 0.05) is 5.56 Å². The van der Waals surface area contributed by atoms with E-state index in [9.17, 15) is 27.1 Å². The van der Waals surface area contributed by atoms with Crippen molar-refractivity contribution in [3.63, 3.8) is 0 Å². The number of hydrogen-bond acceptors (Lipinski definition) is 2. The lowest BCUT2D eigenvalue weighted by molar-refractivity contribution is -0.297. The predicted octanol–water partition coefficient (Wildman–Crippen LogP) is 4.66. The van der Waals surface area contributed by atoms with Gasteiger partial charge in [0.05, 0.1) is 12.0 Å². The summed E-state index contributed by atoms with van der Waals surface area (Å²) in [5, 5.41) is 10.2. The van der Waals surface area contributed by atoms with E-state index in [1.807, 2.05) is 0 Å². The smallest absolute Gasteiger partial charge is 0.453 e. The van der Waals surface area contributed by atoms with Crippen LogP contribution in [0.2, 0.25) is 0 Å². The average Bonchev–Trinajstić information content (AvgIpc) is 2.23. The fourth-order valence-corrected chi connectivity index (χ4v) is 1.96. The van der Waals surface area contributed by atoms with E-state index < -0.39 is 29.7 Å². The first-order valence-corrected chi connectivity index (χ1v) is 6.61. The van der Waals surface area contributed by atoms with Gasteiger partial charge in [0.15, 0.2) is 0 Å². The molecule has 1 N–H and O–H groups in total. The summed E-state index contributed by atoms with van der Waals surface area (Å²) in [6.07, 6.45) is -7.51. The zero-order valence-corrected chi connectivity index (χ0v) is 12.8. The Balaban J connectivity index is 3.19. The molecule has 1 aromatic carbocycles. The topological polar surface area (TPSA) is 29.5 Å². The Morgan fingerprint density at radius 1 is 0.955 bits per heavy atom. The Hall–Kier alpha value is -1.37. The van der Waals surface area contributed by atoms with Crippen molar-refractivity contribution < 1.29 is 31.8 Å². The molecule has 0 heterocycles. The van der Waals surface area contributed by atoms with E-state index in [0.717, 1.165) is 6.92 Å². The molecule has 0 radical (unpaired) electrons. The van der Waals surface area contributed by atoms with Gasteiger partial charge in [-0.3, -0.25) is 0 Å². The lowest BCUT2D eigenvalue weighted by Gasteiger charge is -2.32. The second-order valence-electron chi connectivity index (χ2n) is 6.36. The lowest BCUT2D eigenvalue weighted by Crippen LogP contribution is -2.43. The van der Waals surface area contributed by atoms with Gasteiger partial charge in [-0.15, -0.1) is 0 Å². The largest absolute Gasteiger partial charge is 0.488 e. The first kappa shape index (κ1) is 18.7. The molecule has 1 aromatic rings. The molecule has 126 valence electrons. The third-order valence-corrected chi connectivity index (χ3v) is 2.86. The van der Waals surface area contributed by atoms with E-state index in [0.29, 0.717) is 0 Å². The van der Waals surface area contributed by atoms with Gasteiger partial charge in [0.25, 0.3) is 0 Å². The van der Waals surface area contributed by atoms with Crippen molar-refractivity contribution in [1.82, 2.24) is 0 Å². The minimum absolute atomic E-state index is 0.0676. The third-order valence-electron chi connectivity index (χ3n) is 2.86. The predicted molar refractivity (Wildman–Crippen MR) is 72.0 cm³/mol. The maximum atomic E-state index is 13.3. The number of halogens is 5. The molecule has 1 atom stereocenters. The Morgan fingerprint density at radius 2 is 1.45 bits per heavy atom. The quantitative estimate of drug-likeness (QED) is 0.816. The Kier molecular flexibility index (Phi) is 4.82. The SMILES string of the molecule is CC(C)(C)Oc1ccccc1C(C)(O)CC(F)(F)C(F)(F)F. The van der Waals surface area contributed by atoms with E-state index in [4.69, 9.17) is 4.74 Å². The molecule has 0 amide bonds. The summed E-state index contributed by atoms with van der Waals surface area (Å²) in [4.78, 5) is 0. The fourth-order valence-electron chi connectivity index (χ4n) is 1.96. The molecule has 1 unspecified atom stereocenters. The van der Waals surface area contributed by atoms with Crippen LogP contribution in [0.3, 0.4) is 0 Å². The van der Waals surface area contributed by atoms with Crippen molar-refractivity contribution in [2.45, 2.75) is 57.4 Å². The van der Waals surface area contributed by atoms with Crippen LogP contribution in [0.5, 0.6) is 5.75 Å². The van der Waals surface area contributed by atoms with Crippen LogP contribution in [0.15, 0.2) is 24.3 Å². The summed E-state index contributed by atoms with van der Waals surface area (Å²) >= 11 is 0. The van der Waals surface area contributed by atoms with Gasteiger partial charge in [-0.05, 0) is 33.8 Å². The Morgan fingerprint density at radius 3 is 1.91 bits per heavy atom. The van der Waals surface area contributed by atoms with Gasteiger partial charge in [-0.2, -0.15) is 22.0 Å². The minimum Gasteiger partial charge on any atom is -0.488 e. The van der Waals surface area contributed by atoms with E-state index in [1.54, 1.807) is 26.8 Å². The molecule has 7 heteroatoms. The zero-order valence-electron chi connectivity index (χ0n) is 12.8. The van der Waals surface area contributed by atoms with Crippen LogP contribution in [-0.4, -0.2) is 22.8 Å². The highest BCUT2D eigenvalue weighted by Crippen LogP contribution is 2.45. The van der Waals surface area contributed by atoms with Crippen LogP contribution >= 0.6 is 0 Å². The molecule has 0 aliphatic carbocycles. The normalized spacial score (nSPS) is 16.3. The van der Waals surface area contributed by atoms with Crippen molar-refractivity contribution in [2.75, 3.05) is 0 Å². The Bertz CT molecular complexity index is 515. The fraction of sp³-hybridized carbons (Fsp3) is 0.600. The molecule has 0 fully saturated rings. The van der Waals surface area contributed by atoms with Crippen molar-refractivity contribution in [3.8, 4) is 5.75 Å². The van der Waals surface area contributed by atoms with Gasteiger partial charge >= 0.3 is 12.1 Å². The van der Waals surface area contributed by atoms with E-state index in [2.05, 4.69) is 0 Å². The first-order chi connectivity index (χ1) is 9.66. The Labute approximate surface area is 125 Å². The lowest BCUT2D eigenvalue weighted by atomic mass is 9.88. The highest BCUT2D eigenvalue weighted by atomic mass is 19.4. The number of benzene rings is 1. The molecule has 0 aromatic heterocycles. The summed E-state index contributed by atoms with van der Waals surface area (Å²) in [6, 6.07) is 5.67. The summed E-state index contributed by atoms with van der Waals surface area (Å²) in [7, 11) is 0. The van der Waals surface area contributed by atoms with Crippen LogP contribution in [-0.2, 0) is 5.60 Å². The van der Waals surface area contributed by atoms with Gasteiger partial charge in [-0.25, -0.2) is 0 Å². The molecule has 0 aliphatic rings. The van der Waals surface area contributed by atoms with Crippen molar-refractivity contribution in [1.29, 1.82) is 0 Å². The van der Waals surface area contributed by atoms with E-state index in [1.165, 1.54) is 18.2 Å². The second-order valence-corrected chi connectivity index (χ2v) is 6.36. The number of aliphatic hydroxyl groups is 1. The highest BCUT2D eigenvalue weighted by molar-refractivity contribution is 5.38. The van der Waals surface area contributed by atoms with Gasteiger partial charge in [0.2, 0.25) is 0 Å². The minimum atomic E-state index is -5.73. The van der Waals surface area contributed by atoms with Crippen LogP contribution in [0.4, 0.5) is 22.0 Å². The third kappa shape index (κ3) is 4.56. The van der Waals surface area contributed by atoms with Crippen LogP contribution in [0.1, 0.15) is 39.7 Å². The van der Waals surface area contributed by atoms with Crippen molar-refractivity contribution >= 4 is 0 Å².